The molecule has 0 aromatic heterocycles. The van der Waals surface area contributed by atoms with E-state index >= 15 is 0 Å². The van der Waals surface area contributed by atoms with E-state index < -0.39 is 0 Å². The van der Waals surface area contributed by atoms with Gasteiger partial charge in [-0.1, -0.05) is 43.3 Å². The van der Waals surface area contributed by atoms with Crippen molar-refractivity contribution in [1.82, 2.24) is 9.80 Å². The number of ether oxygens (including phenoxy) is 2. The lowest BCUT2D eigenvalue weighted by Crippen LogP contribution is -2.43. The van der Waals surface area contributed by atoms with E-state index in [2.05, 4.69) is 18.2 Å². The van der Waals surface area contributed by atoms with Crippen LogP contribution in [0.25, 0.3) is 0 Å². The number of amides is 2. The van der Waals surface area contributed by atoms with E-state index in [1.165, 1.54) is 5.56 Å². The summed E-state index contributed by atoms with van der Waals surface area (Å²) in [7, 11) is 0. The van der Waals surface area contributed by atoms with E-state index in [4.69, 9.17) is 9.47 Å². The fourth-order valence-corrected chi connectivity index (χ4v) is 4.20. The molecule has 0 aliphatic carbocycles. The highest BCUT2D eigenvalue weighted by Crippen LogP contribution is 2.37. The van der Waals surface area contributed by atoms with Crippen molar-refractivity contribution in [1.29, 1.82) is 0 Å². The summed E-state index contributed by atoms with van der Waals surface area (Å²) in [5, 5.41) is 0. The summed E-state index contributed by atoms with van der Waals surface area (Å²) < 4.78 is 11.2. The van der Waals surface area contributed by atoms with E-state index in [1.807, 2.05) is 42.2 Å². The zero-order valence-electron chi connectivity index (χ0n) is 17.4. The van der Waals surface area contributed by atoms with E-state index in [9.17, 15) is 9.59 Å². The van der Waals surface area contributed by atoms with Crippen LogP contribution in [0, 0.1) is 0 Å². The van der Waals surface area contributed by atoms with Crippen molar-refractivity contribution in [2.24, 2.45) is 0 Å². The first-order valence-electron chi connectivity index (χ1n) is 10.6. The molecule has 0 N–H and O–H groups in total. The number of fused-ring (bicyclic) bond motifs is 1. The summed E-state index contributed by atoms with van der Waals surface area (Å²) >= 11 is 0. The van der Waals surface area contributed by atoms with Crippen molar-refractivity contribution in [3.05, 3.63) is 65.2 Å². The molecule has 0 spiro atoms. The molecule has 0 bridgehead atoms. The van der Waals surface area contributed by atoms with Crippen LogP contribution < -0.4 is 4.74 Å². The average Bonchev–Trinajstić information content (AvgIpc) is 2.82. The number of morpholine rings is 1. The lowest BCUT2D eigenvalue weighted by molar-refractivity contribution is -0.137. The molecule has 4 rings (SSSR count). The third-order valence-corrected chi connectivity index (χ3v) is 5.81. The SMILES string of the molecule is CCC(=O)N1CCc2ccc(OCC(=O)N3CCOCC3)cc2C1c1ccccc1. The fraction of sp³-hybridized carbons (Fsp3) is 0.417. The molecule has 2 aliphatic rings. The van der Waals surface area contributed by atoms with Crippen LogP contribution >= 0.6 is 0 Å². The van der Waals surface area contributed by atoms with Crippen LogP contribution in [-0.2, 0) is 20.7 Å². The number of rotatable bonds is 5. The molecule has 6 heteroatoms. The molecule has 1 unspecified atom stereocenters. The van der Waals surface area contributed by atoms with Crippen molar-refractivity contribution in [3.63, 3.8) is 0 Å². The van der Waals surface area contributed by atoms with Crippen molar-refractivity contribution in [2.75, 3.05) is 39.5 Å². The van der Waals surface area contributed by atoms with Crippen LogP contribution in [0.2, 0.25) is 0 Å². The van der Waals surface area contributed by atoms with Crippen molar-refractivity contribution >= 4 is 11.8 Å². The Morgan fingerprint density at radius 3 is 2.53 bits per heavy atom. The number of hydrogen-bond donors (Lipinski definition) is 0. The average molecular weight is 408 g/mol. The summed E-state index contributed by atoms with van der Waals surface area (Å²) in [6, 6.07) is 15.9. The van der Waals surface area contributed by atoms with Gasteiger partial charge in [-0.05, 0) is 35.2 Å². The fourth-order valence-electron chi connectivity index (χ4n) is 4.20. The topological polar surface area (TPSA) is 59.1 Å². The van der Waals surface area contributed by atoms with Gasteiger partial charge >= 0.3 is 0 Å². The lowest BCUT2D eigenvalue weighted by Gasteiger charge is -2.38. The number of nitrogens with zero attached hydrogens (tertiary/aromatic N) is 2. The first-order valence-corrected chi connectivity index (χ1v) is 10.6. The molecule has 2 aromatic carbocycles. The van der Waals surface area contributed by atoms with Crippen molar-refractivity contribution < 1.29 is 19.1 Å². The summed E-state index contributed by atoms with van der Waals surface area (Å²) in [5.74, 6) is 0.767. The first kappa shape index (κ1) is 20.4. The number of carbonyl (C=O) groups is 2. The van der Waals surface area contributed by atoms with Crippen molar-refractivity contribution in [3.8, 4) is 5.75 Å². The molecule has 1 atom stereocenters. The molecule has 2 heterocycles. The molecule has 2 aliphatic heterocycles. The third-order valence-electron chi connectivity index (χ3n) is 5.81. The molecular formula is C24H28N2O4. The summed E-state index contributed by atoms with van der Waals surface area (Å²) in [5.41, 5.74) is 3.38. The molecule has 2 aromatic rings. The van der Waals surface area contributed by atoms with Crippen LogP contribution in [0.1, 0.15) is 36.1 Å². The number of carbonyl (C=O) groups excluding carboxylic acids is 2. The van der Waals surface area contributed by atoms with Gasteiger partial charge in [-0.2, -0.15) is 0 Å². The Balaban J connectivity index is 1.57. The van der Waals surface area contributed by atoms with Gasteiger partial charge in [0.15, 0.2) is 6.61 Å². The Morgan fingerprint density at radius 2 is 1.80 bits per heavy atom. The smallest absolute Gasteiger partial charge is 0.260 e. The standard InChI is InChI=1S/C24H28N2O4/c1-2-22(27)26-11-10-18-8-9-20(30-17-23(28)25-12-14-29-15-13-25)16-21(18)24(26)19-6-4-3-5-7-19/h3-9,16,24H,2,10-15,17H2,1H3. The molecule has 1 fully saturated rings. The van der Waals surface area contributed by atoms with Gasteiger partial charge < -0.3 is 19.3 Å². The minimum Gasteiger partial charge on any atom is -0.484 e. The minimum atomic E-state index is -0.138. The normalized spacial score (nSPS) is 18.6. The van der Waals surface area contributed by atoms with Gasteiger partial charge in [0.05, 0.1) is 19.3 Å². The molecule has 1 saturated heterocycles. The van der Waals surface area contributed by atoms with E-state index in [1.54, 1.807) is 4.90 Å². The Labute approximate surface area is 177 Å². The third kappa shape index (κ3) is 4.33. The van der Waals surface area contributed by atoms with Crippen molar-refractivity contribution in [2.45, 2.75) is 25.8 Å². The maximum absolute atomic E-state index is 12.7. The van der Waals surface area contributed by atoms with Crippen LogP contribution in [0.3, 0.4) is 0 Å². The zero-order valence-corrected chi connectivity index (χ0v) is 17.4. The highest BCUT2D eigenvalue weighted by molar-refractivity contribution is 5.78. The second-order valence-corrected chi connectivity index (χ2v) is 7.65. The first-order chi connectivity index (χ1) is 14.7. The monoisotopic (exact) mass is 408 g/mol. The van der Waals surface area contributed by atoms with Crippen LogP contribution in [0.4, 0.5) is 0 Å². The van der Waals surface area contributed by atoms with E-state index in [-0.39, 0.29) is 24.5 Å². The van der Waals surface area contributed by atoms with Gasteiger partial charge in [-0.15, -0.1) is 0 Å². The summed E-state index contributed by atoms with van der Waals surface area (Å²) in [4.78, 5) is 28.8. The van der Waals surface area contributed by atoms with Gasteiger partial charge in [0.25, 0.3) is 5.91 Å². The molecule has 30 heavy (non-hydrogen) atoms. The Hall–Kier alpha value is -2.86. The second kappa shape index (κ2) is 9.30. The molecule has 0 saturated carbocycles. The van der Waals surface area contributed by atoms with Gasteiger partial charge in [0.1, 0.15) is 5.75 Å². The van der Waals surface area contributed by atoms with Crippen LogP contribution in [0.5, 0.6) is 5.75 Å². The minimum absolute atomic E-state index is 0.00634. The molecule has 0 radical (unpaired) electrons. The highest BCUT2D eigenvalue weighted by Gasteiger charge is 2.31. The van der Waals surface area contributed by atoms with Crippen LogP contribution in [0.15, 0.2) is 48.5 Å². The highest BCUT2D eigenvalue weighted by atomic mass is 16.5. The summed E-state index contributed by atoms with van der Waals surface area (Å²) in [6.45, 7) is 4.97. The predicted molar refractivity (Wildman–Crippen MR) is 113 cm³/mol. The predicted octanol–water partition coefficient (Wildman–Crippen LogP) is 2.81. The van der Waals surface area contributed by atoms with Gasteiger partial charge in [-0.3, -0.25) is 9.59 Å². The number of hydrogen-bond acceptors (Lipinski definition) is 4. The van der Waals surface area contributed by atoms with Gasteiger partial charge in [0.2, 0.25) is 5.91 Å². The maximum atomic E-state index is 12.7. The van der Waals surface area contributed by atoms with Gasteiger partial charge in [-0.25, -0.2) is 0 Å². The largest absolute Gasteiger partial charge is 0.484 e. The maximum Gasteiger partial charge on any atom is 0.260 e. The zero-order chi connectivity index (χ0) is 20.9. The second-order valence-electron chi connectivity index (χ2n) is 7.65. The van der Waals surface area contributed by atoms with Crippen LogP contribution in [-0.4, -0.2) is 61.1 Å². The molecular weight excluding hydrogens is 380 g/mol. The molecule has 2 amide bonds. The number of benzene rings is 2. The van der Waals surface area contributed by atoms with E-state index in [0.29, 0.717) is 45.0 Å². The Kier molecular flexibility index (Phi) is 6.33. The Bertz CT molecular complexity index is 893. The lowest BCUT2D eigenvalue weighted by atomic mass is 9.87. The van der Waals surface area contributed by atoms with E-state index in [0.717, 1.165) is 17.5 Å². The molecule has 158 valence electrons. The van der Waals surface area contributed by atoms with Gasteiger partial charge in [0, 0.05) is 26.1 Å². The summed E-state index contributed by atoms with van der Waals surface area (Å²) in [6.07, 6.45) is 1.29. The molecule has 6 nitrogen and oxygen atoms in total. The quantitative estimate of drug-likeness (QED) is 0.763. The Morgan fingerprint density at radius 1 is 1.03 bits per heavy atom.